The number of aliphatic hydroxyl groups excluding tert-OH is 1. The van der Waals surface area contributed by atoms with Crippen molar-refractivity contribution in [1.29, 1.82) is 0 Å². The summed E-state index contributed by atoms with van der Waals surface area (Å²) in [6.45, 7) is 3.53. The van der Waals surface area contributed by atoms with E-state index in [1.807, 2.05) is 0 Å². The van der Waals surface area contributed by atoms with E-state index in [2.05, 4.69) is 58.4 Å². The number of nitrogens with zero attached hydrogens (tertiary/aromatic N) is 2. The second kappa shape index (κ2) is 6.88. The van der Waals surface area contributed by atoms with E-state index in [0.717, 1.165) is 44.7 Å². The second-order valence-electron chi connectivity index (χ2n) is 6.85. The highest BCUT2D eigenvalue weighted by Crippen LogP contribution is 2.21. The Labute approximate surface area is 143 Å². The highest BCUT2D eigenvalue weighted by Gasteiger charge is 2.21. The normalized spacial score (nSPS) is 18.5. The molecule has 2 heterocycles. The Morgan fingerprint density at radius 1 is 0.958 bits per heavy atom. The lowest BCUT2D eigenvalue weighted by molar-refractivity contribution is 0.111. The van der Waals surface area contributed by atoms with Crippen molar-refractivity contribution < 1.29 is 5.11 Å². The van der Waals surface area contributed by atoms with Crippen LogP contribution in [0, 0.1) is 0 Å². The average molecular weight is 320 g/mol. The number of aliphatic imine (C=N–C) groups is 1. The molecule has 0 bridgehead atoms. The zero-order valence-corrected chi connectivity index (χ0v) is 14.0. The van der Waals surface area contributed by atoms with Crippen molar-refractivity contribution in [3.05, 3.63) is 70.8 Å². The van der Waals surface area contributed by atoms with Crippen molar-refractivity contribution >= 4 is 5.71 Å². The van der Waals surface area contributed by atoms with Crippen molar-refractivity contribution in [1.82, 2.24) is 4.90 Å². The molecule has 3 heteroatoms. The maximum atomic E-state index is 10.6. The van der Waals surface area contributed by atoms with Gasteiger partial charge in [-0.2, -0.15) is 0 Å². The minimum absolute atomic E-state index is 0.361. The molecule has 0 fully saturated rings. The van der Waals surface area contributed by atoms with Crippen LogP contribution >= 0.6 is 0 Å². The molecule has 0 spiro atoms. The first-order chi connectivity index (χ1) is 11.8. The van der Waals surface area contributed by atoms with Gasteiger partial charge in [0.05, 0.1) is 6.10 Å². The highest BCUT2D eigenvalue weighted by molar-refractivity contribution is 6.02. The third-order valence-corrected chi connectivity index (χ3v) is 5.12. The quantitative estimate of drug-likeness (QED) is 0.940. The highest BCUT2D eigenvalue weighted by atomic mass is 16.3. The Balaban J connectivity index is 1.39. The van der Waals surface area contributed by atoms with Crippen LogP contribution in [0.5, 0.6) is 0 Å². The van der Waals surface area contributed by atoms with Crippen LogP contribution in [-0.4, -0.2) is 41.5 Å². The van der Waals surface area contributed by atoms with Gasteiger partial charge < -0.3 is 5.11 Å². The van der Waals surface area contributed by atoms with Crippen LogP contribution < -0.4 is 0 Å². The van der Waals surface area contributed by atoms with Crippen LogP contribution in [0.25, 0.3) is 0 Å². The number of aliphatic hydroxyl groups is 1. The molecule has 2 aromatic carbocycles. The zero-order valence-electron chi connectivity index (χ0n) is 14.0. The summed E-state index contributed by atoms with van der Waals surface area (Å²) in [6, 6.07) is 17.1. The molecule has 0 saturated carbocycles. The molecule has 0 saturated heterocycles. The van der Waals surface area contributed by atoms with Crippen molar-refractivity contribution in [2.75, 3.05) is 19.6 Å². The van der Waals surface area contributed by atoms with E-state index >= 15 is 0 Å². The van der Waals surface area contributed by atoms with E-state index in [1.165, 1.54) is 22.3 Å². The Bertz CT molecular complexity index is 753. The molecule has 124 valence electrons. The molecule has 4 rings (SSSR count). The number of β-amino-alcohol motifs (C(OH)–C–C–N with tert-alkyl or cyclic N) is 1. The molecule has 0 unspecified atom stereocenters. The third kappa shape index (κ3) is 3.28. The van der Waals surface area contributed by atoms with Gasteiger partial charge in [0.15, 0.2) is 0 Å². The first-order valence-electron chi connectivity index (χ1n) is 8.88. The predicted octanol–water partition coefficient (Wildman–Crippen LogP) is 2.84. The minimum atomic E-state index is -0.361. The van der Waals surface area contributed by atoms with E-state index < -0.39 is 0 Å². The Kier molecular flexibility index (Phi) is 4.46. The molecular weight excluding hydrogens is 296 g/mol. The van der Waals surface area contributed by atoms with Gasteiger partial charge in [0.25, 0.3) is 0 Å². The summed E-state index contributed by atoms with van der Waals surface area (Å²) in [5, 5.41) is 10.6. The lowest BCUT2D eigenvalue weighted by Gasteiger charge is -2.30. The molecule has 2 aliphatic heterocycles. The summed E-state index contributed by atoms with van der Waals surface area (Å²) >= 11 is 0. The summed E-state index contributed by atoms with van der Waals surface area (Å²) in [7, 11) is 0. The summed E-state index contributed by atoms with van der Waals surface area (Å²) in [4.78, 5) is 7.04. The van der Waals surface area contributed by atoms with Gasteiger partial charge in [0, 0.05) is 38.3 Å². The lowest BCUT2D eigenvalue weighted by Crippen LogP contribution is -2.37. The first-order valence-corrected chi connectivity index (χ1v) is 8.88. The molecule has 1 atom stereocenters. The van der Waals surface area contributed by atoms with Gasteiger partial charge in [-0.1, -0.05) is 48.5 Å². The number of benzene rings is 2. The largest absolute Gasteiger partial charge is 0.391 e. The van der Waals surface area contributed by atoms with E-state index in [4.69, 9.17) is 0 Å². The smallest absolute Gasteiger partial charge is 0.0722 e. The molecule has 1 N–H and O–H groups in total. The van der Waals surface area contributed by atoms with Gasteiger partial charge in [0.1, 0.15) is 0 Å². The molecular formula is C21H24N2O. The number of hydrogen-bond donors (Lipinski definition) is 1. The molecule has 2 aromatic rings. The molecule has 0 aliphatic carbocycles. The van der Waals surface area contributed by atoms with Gasteiger partial charge in [-0.25, -0.2) is 0 Å². The zero-order chi connectivity index (χ0) is 16.4. The fourth-order valence-corrected chi connectivity index (χ4v) is 3.89. The molecule has 3 nitrogen and oxygen atoms in total. The van der Waals surface area contributed by atoms with Crippen LogP contribution in [0.4, 0.5) is 0 Å². The summed E-state index contributed by atoms with van der Waals surface area (Å²) < 4.78 is 0. The lowest BCUT2D eigenvalue weighted by atomic mass is 9.94. The molecule has 0 aromatic heterocycles. The predicted molar refractivity (Wildman–Crippen MR) is 97.6 cm³/mol. The van der Waals surface area contributed by atoms with Crippen molar-refractivity contribution in [2.24, 2.45) is 4.99 Å². The van der Waals surface area contributed by atoms with Crippen LogP contribution in [0.1, 0.15) is 28.7 Å². The Hall–Kier alpha value is -1.97. The summed E-state index contributed by atoms with van der Waals surface area (Å²) in [5.41, 5.74) is 6.51. The van der Waals surface area contributed by atoms with Crippen LogP contribution in [0.15, 0.2) is 53.5 Å². The van der Waals surface area contributed by atoms with Crippen molar-refractivity contribution in [3.8, 4) is 0 Å². The number of rotatable bonds is 4. The number of fused-ring (bicyclic) bond motifs is 2. The first kappa shape index (κ1) is 15.6. The molecule has 2 aliphatic rings. The van der Waals surface area contributed by atoms with Gasteiger partial charge >= 0.3 is 0 Å². The second-order valence-corrected chi connectivity index (χ2v) is 6.85. The fraction of sp³-hybridized carbons (Fsp3) is 0.381. The van der Waals surface area contributed by atoms with Gasteiger partial charge in [-0.3, -0.25) is 9.89 Å². The van der Waals surface area contributed by atoms with E-state index in [9.17, 15) is 5.11 Å². The van der Waals surface area contributed by atoms with Crippen LogP contribution in [0.2, 0.25) is 0 Å². The maximum Gasteiger partial charge on any atom is 0.0722 e. The van der Waals surface area contributed by atoms with E-state index in [1.54, 1.807) is 0 Å². The van der Waals surface area contributed by atoms with Gasteiger partial charge in [-0.15, -0.1) is 0 Å². The van der Waals surface area contributed by atoms with Crippen molar-refractivity contribution in [2.45, 2.75) is 31.9 Å². The van der Waals surface area contributed by atoms with E-state index in [0.29, 0.717) is 6.42 Å². The maximum absolute atomic E-state index is 10.6. The minimum Gasteiger partial charge on any atom is -0.391 e. The third-order valence-electron chi connectivity index (χ3n) is 5.12. The standard InChI is InChI=1S/C21H24N2O/c24-19(13-21-20-8-4-3-6-17(20)9-11-22-21)15-23-12-10-16-5-1-2-7-18(16)14-23/h1-8,19,24H,9-15H2/t19-/m1/s1. The summed E-state index contributed by atoms with van der Waals surface area (Å²) in [5.74, 6) is 0. The molecule has 0 radical (unpaired) electrons. The Morgan fingerprint density at radius 2 is 1.71 bits per heavy atom. The van der Waals surface area contributed by atoms with E-state index in [-0.39, 0.29) is 6.10 Å². The fourth-order valence-electron chi connectivity index (χ4n) is 3.89. The number of hydrogen-bond acceptors (Lipinski definition) is 3. The van der Waals surface area contributed by atoms with Crippen LogP contribution in [0.3, 0.4) is 0 Å². The SMILES string of the molecule is O[C@H](CC1=NCCc2ccccc21)CN1CCc2ccccc2C1. The van der Waals surface area contributed by atoms with Gasteiger partial charge in [-0.05, 0) is 35.1 Å². The molecule has 24 heavy (non-hydrogen) atoms. The van der Waals surface area contributed by atoms with Crippen LogP contribution in [-0.2, 0) is 19.4 Å². The van der Waals surface area contributed by atoms with Crippen molar-refractivity contribution in [3.63, 3.8) is 0 Å². The average Bonchev–Trinajstić information content (AvgIpc) is 2.62. The topological polar surface area (TPSA) is 35.8 Å². The summed E-state index contributed by atoms with van der Waals surface area (Å²) in [6.07, 6.45) is 2.38. The Morgan fingerprint density at radius 3 is 2.58 bits per heavy atom. The molecule has 0 amide bonds. The van der Waals surface area contributed by atoms with Gasteiger partial charge in [0.2, 0.25) is 0 Å². The monoisotopic (exact) mass is 320 g/mol.